The number of hydrogen-bond acceptors (Lipinski definition) is 5. The number of aliphatic carboxylic acids is 1. The summed E-state index contributed by atoms with van der Waals surface area (Å²) in [6.45, 7) is 13.7. The quantitative estimate of drug-likeness (QED) is 0.391. The number of nitrogens with zero attached hydrogens (tertiary/aromatic N) is 3. The van der Waals surface area contributed by atoms with Gasteiger partial charge in [0.25, 0.3) is 5.91 Å². The molecule has 5 rings (SSSR count). The molecule has 1 amide bonds. The molecule has 3 fully saturated rings. The van der Waals surface area contributed by atoms with Gasteiger partial charge < -0.3 is 19.6 Å². The first kappa shape index (κ1) is 32.3. The smallest absolute Gasteiger partial charge is 0.306 e. The maximum Gasteiger partial charge on any atom is 0.306 e. The van der Waals surface area contributed by atoms with E-state index in [1.807, 2.05) is 24.3 Å². The molecular weight excluding hydrogens is 557 g/mol. The average molecular weight is 608 g/mol. The topological polar surface area (TPSA) is 73.3 Å². The van der Waals surface area contributed by atoms with E-state index >= 15 is 4.39 Å². The fourth-order valence-corrected chi connectivity index (χ4v) is 7.31. The van der Waals surface area contributed by atoms with E-state index in [4.69, 9.17) is 4.74 Å². The third kappa shape index (κ3) is 6.46. The van der Waals surface area contributed by atoms with Gasteiger partial charge in [-0.3, -0.25) is 14.5 Å². The Hall–Kier alpha value is -3.13. The van der Waals surface area contributed by atoms with E-state index in [0.717, 1.165) is 31.5 Å². The second-order valence-electron chi connectivity index (χ2n) is 14.4. The van der Waals surface area contributed by atoms with E-state index < -0.39 is 23.5 Å². The second kappa shape index (κ2) is 12.7. The van der Waals surface area contributed by atoms with Crippen LogP contribution >= 0.6 is 0 Å². The van der Waals surface area contributed by atoms with Gasteiger partial charge in [0.15, 0.2) is 0 Å². The standard InChI is InChI=1S/C36H50FN3O4/c1-24(2)28-9-12-30(32(21-28)38-17-15-27(16-18-38)33(41)42)25-13-19-39(20-14-25)34(43)36(37)23-40(35(3,4)5)22-31(36)26-7-10-29(44-6)11-8-26/h7-12,21,24-25,27,31H,13-20,22-23H2,1-6H3,(H,41,42)/t31-,36-/m0/s1. The largest absolute Gasteiger partial charge is 0.497 e. The van der Waals surface area contributed by atoms with Crippen molar-refractivity contribution in [1.29, 1.82) is 0 Å². The van der Waals surface area contributed by atoms with Crippen LogP contribution in [0.5, 0.6) is 5.75 Å². The number of halogens is 1. The van der Waals surface area contributed by atoms with E-state index in [-0.39, 0.29) is 23.9 Å². The molecule has 7 nitrogen and oxygen atoms in total. The first-order chi connectivity index (χ1) is 20.8. The molecule has 0 bridgehead atoms. The van der Waals surface area contributed by atoms with Crippen LogP contribution in [0.25, 0.3) is 0 Å². The fourth-order valence-electron chi connectivity index (χ4n) is 7.31. The first-order valence-corrected chi connectivity index (χ1v) is 16.3. The second-order valence-corrected chi connectivity index (χ2v) is 14.4. The molecule has 0 saturated carbocycles. The van der Waals surface area contributed by atoms with Gasteiger partial charge in [0.05, 0.1) is 13.0 Å². The number of carbonyl (C=O) groups excluding carboxylic acids is 1. The van der Waals surface area contributed by atoms with Crippen molar-refractivity contribution >= 4 is 17.6 Å². The maximum absolute atomic E-state index is 17.2. The van der Waals surface area contributed by atoms with Crippen LogP contribution in [0, 0.1) is 5.92 Å². The summed E-state index contributed by atoms with van der Waals surface area (Å²) in [5.41, 5.74) is 2.29. The normalized spacial score (nSPS) is 24.2. The van der Waals surface area contributed by atoms with Gasteiger partial charge in [-0.15, -0.1) is 0 Å². The first-order valence-electron chi connectivity index (χ1n) is 16.3. The molecule has 0 radical (unpaired) electrons. The SMILES string of the molecule is COc1ccc([C@@H]2CN(C(C)(C)C)C[C@@]2(F)C(=O)N2CCC(c3ccc(C(C)C)cc3N3CCC(C(=O)O)CC3)CC2)cc1. The zero-order chi connectivity index (χ0) is 31.8. The number of carboxylic acid groups (broad SMARTS) is 1. The minimum atomic E-state index is -2.01. The van der Waals surface area contributed by atoms with Crippen molar-refractivity contribution in [3.8, 4) is 5.75 Å². The van der Waals surface area contributed by atoms with Gasteiger partial charge in [0.1, 0.15) is 5.75 Å². The molecule has 3 saturated heterocycles. The number of hydrogen-bond donors (Lipinski definition) is 1. The number of piperidine rings is 2. The van der Waals surface area contributed by atoms with Crippen LogP contribution in [-0.2, 0) is 9.59 Å². The lowest BCUT2D eigenvalue weighted by atomic mass is 9.83. The molecule has 2 aromatic carbocycles. The lowest BCUT2D eigenvalue weighted by Crippen LogP contribution is -2.53. The van der Waals surface area contributed by atoms with Crippen molar-refractivity contribution in [2.45, 2.75) is 89.3 Å². The van der Waals surface area contributed by atoms with Crippen molar-refractivity contribution in [1.82, 2.24) is 9.80 Å². The van der Waals surface area contributed by atoms with Crippen LogP contribution in [0.3, 0.4) is 0 Å². The van der Waals surface area contributed by atoms with Crippen LogP contribution in [0.1, 0.15) is 94.7 Å². The van der Waals surface area contributed by atoms with E-state index in [0.29, 0.717) is 44.1 Å². The van der Waals surface area contributed by atoms with E-state index in [2.05, 4.69) is 62.6 Å². The summed E-state index contributed by atoms with van der Waals surface area (Å²) < 4.78 is 22.5. The number of carboxylic acids is 1. The summed E-state index contributed by atoms with van der Waals surface area (Å²) in [4.78, 5) is 31.9. The lowest BCUT2D eigenvalue weighted by molar-refractivity contribution is -0.145. The van der Waals surface area contributed by atoms with Gasteiger partial charge in [-0.1, -0.05) is 38.1 Å². The highest BCUT2D eigenvalue weighted by Gasteiger charge is 2.57. The van der Waals surface area contributed by atoms with Crippen molar-refractivity contribution < 1.29 is 23.8 Å². The molecule has 0 aromatic heterocycles. The molecule has 44 heavy (non-hydrogen) atoms. The number of likely N-dealkylation sites (tertiary alicyclic amines) is 2. The van der Waals surface area contributed by atoms with Crippen LogP contribution < -0.4 is 9.64 Å². The third-order valence-corrected chi connectivity index (χ3v) is 10.3. The molecule has 3 aliphatic heterocycles. The molecule has 2 atom stereocenters. The molecule has 240 valence electrons. The van der Waals surface area contributed by atoms with E-state index in [1.165, 1.54) is 16.8 Å². The van der Waals surface area contributed by atoms with Crippen LogP contribution in [0.4, 0.5) is 10.1 Å². The summed E-state index contributed by atoms with van der Waals surface area (Å²) >= 11 is 0. The van der Waals surface area contributed by atoms with Crippen molar-refractivity contribution in [2.24, 2.45) is 5.92 Å². The molecule has 3 aliphatic rings. The number of carbonyl (C=O) groups is 2. The summed E-state index contributed by atoms with van der Waals surface area (Å²) in [6, 6.07) is 14.2. The Morgan fingerprint density at radius 2 is 1.61 bits per heavy atom. The van der Waals surface area contributed by atoms with Gasteiger partial charge in [0, 0.05) is 56.4 Å². The molecule has 0 unspecified atom stereocenters. The molecule has 0 aliphatic carbocycles. The Morgan fingerprint density at radius 3 is 2.16 bits per heavy atom. The Labute approximate surface area is 262 Å². The molecule has 3 heterocycles. The van der Waals surface area contributed by atoms with Gasteiger partial charge in [-0.25, -0.2) is 4.39 Å². The summed E-state index contributed by atoms with van der Waals surface area (Å²) in [7, 11) is 1.61. The Morgan fingerprint density at radius 1 is 0.977 bits per heavy atom. The molecule has 2 aromatic rings. The van der Waals surface area contributed by atoms with Crippen molar-refractivity contribution in [2.75, 3.05) is 51.3 Å². The van der Waals surface area contributed by atoms with Crippen molar-refractivity contribution in [3.63, 3.8) is 0 Å². The zero-order valence-corrected chi connectivity index (χ0v) is 27.3. The van der Waals surface area contributed by atoms with Crippen LogP contribution in [-0.4, -0.2) is 84.4 Å². The monoisotopic (exact) mass is 607 g/mol. The van der Waals surface area contributed by atoms with Gasteiger partial charge >= 0.3 is 5.97 Å². The number of benzene rings is 2. The lowest BCUT2D eigenvalue weighted by Gasteiger charge is -2.39. The van der Waals surface area contributed by atoms with Crippen LogP contribution in [0.2, 0.25) is 0 Å². The van der Waals surface area contributed by atoms with Crippen LogP contribution in [0.15, 0.2) is 42.5 Å². The predicted octanol–water partition coefficient (Wildman–Crippen LogP) is 6.43. The van der Waals surface area contributed by atoms with Gasteiger partial charge in [-0.2, -0.15) is 0 Å². The highest BCUT2D eigenvalue weighted by Crippen LogP contribution is 2.45. The fraction of sp³-hybridized carbons (Fsp3) is 0.611. The van der Waals surface area contributed by atoms with E-state index in [1.54, 1.807) is 12.0 Å². The zero-order valence-electron chi connectivity index (χ0n) is 27.3. The highest BCUT2D eigenvalue weighted by molar-refractivity contribution is 5.87. The number of amides is 1. The molecule has 1 N–H and O–H groups in total. The Kier molecular flexibility index (Phi) is 9.31. The van der Waals surface area contributed by atoms with Gasteiger partial charge in [-0.05, 0) is 93.2 Å². The summed E-state index contributed by atoms with van der Waals surface area (Å²) in [5, 5.41) is 9.51. The molecule has 0 spiro atoms. The number of anilines is 1. The highest BCUT2D eigenvalue weighted by atomic mass is 19.1. The number of ether oxygens (including phenoxy) is 1. The Bertz CT molecular complexity index is 1320. The van der Waals surface area contributed by atoms with E-state index in [9.17, 15) is 14.7 Å². The average Bonchev–Trinajstić information content (AvgIpc) is 3.39. The summed E-state index contributed by atoms with van der Waals surface area (Å²) in [6.07, 6.45) is 2.84. The predicted molar refractivity (Wildman–Crippen MR) is 173 cm³/mol. The summed E-state index contributed by atoms with van der Waals surface area (Å²) in [5.74, 6) is -0.574. The molecule has 8 heteroatoms. The minimum Gasteiger partial charge on any atom is -0.497 e. The van der Waals surface area contributed by atoms with Crippen molar-refractivity contribution in [3.05, 3.63) is 59.2 Å². The number of rotatable bonds is 7. The Balaban J connectivity index is 1.34. The number of methoxy groups -OCH3 is 1. The van der Waals surface area contributed by atoms with Gasteiger partial charge in [0.2, 0.25) is 5.67 Å². The third-order valence-electron chi connectivity index (χ3n) is 10.3. The maximum atomic E-state index is 17.2. The molecular formula is C36H50FN3O4. The minimum absolute atomic E-state index is 0.0824. The number of alkyl halides is 1.